The maximum atomic E-state index is 12.4. The van der Waals surface area contributed by atoms with Gasteiger partial charge in [0.15, 0.2) is 17.4 Å². The van der Waals surface area contributed by atoms with Gasteiger partial charge in [0, 0.05) is 47.7 Å². The van der Waals surface area contributed by atoms with Crippen molar-refractivity contribution >= 4 is 33.7 Å². The van der Waals surface area contributed by atoms with Crippen LogP contribution in [0, 0.1) is 0 Å². The summed E-state index contributed by atoms with van der Waals surface area (Å²) in [5.74, 6) is -0.693. The Morgan fingerprint density at radius 3 is 2.82 bits per heavy atom. The van der Waals surface area contributed by atoms with Gasteiger partial charge >= 0.3 is 5.97 Å². The van der Waals surface area contributed by atoms with Gasteiger partial charge in [-0.05, 0) is 11.6 Å². The van der Waals surface area contributed by atoms with Crippen molar-refractivity contribution in [1.82, 2.24) is 9.38 Å². The second-order valence-corrected chi connectivity index (χ2v) is 8.23. The highest BCUT2D eigenvalue weighted by atomic mass is 32.1. The van der Waals surface area contributed by atoms with E-state index in [9.17, 15) is 9.59 Å². The Hall–Kier alpha value is -2.93. The van der Waals surface area contributed by atoms with Crippen LogP contribution in [0.5, 0.6) is 0 Å². The zero-order valence-electron chi connectivity index (χ0n) is 16.0. The molecular formula is C21H21N3O3S. The van der Waals surface area contributed by atoms with E-state index in [2.05, 4.69) is 24.9 Å². The number of ketones is 1. The fourth-order valence-corrected chi connectivity index (χ4v) is 4.38. The molecule has 4 rings (SSSR count). The summed E-state index contributed by atoms with van der Waals surface area (Å²) in [6.45, 7) is 3.90. The molecule has 28 heavy (non-hydrogen) atoms. The molecule has 0 spiro atoms. The van der Waals surface area contributed by atoms with E-state index in [0.29, 0.717) is 5.69 Å². The van der Waals surface area contributed by atoms with Gasteiger partial charge < -0.3 is 9.64 Å². The molecule has 0 amide bonds. The summed E-state index contributed by atoms with van der Waals surface area (Å²) in [4.78, 5) is 31.7. The molecule has 0 saturated carbocycles. The number of imidazole rings is 1. The van der Waals surface area contributed by atoms with Crippen molar-refractivity contribution in [2.24, 2.45) is 0 Å². The van der Waals surface area contributed by atoms with Gasteiger partial charge in [-0.2, -0.15) is 0 Å². The largest absolute Gasteiger partial charge is 0.457 e. The zero-order chi connectivity index (χ0) is 19.9. The molecule has 7 heteroatoms. The monoisotopic (exact) mass is 395 g/mol. The number of carbonyl (C=O) groups is 2. The summed E-state index contributed by atoms with van der Waals surface area (Å²) in [7, 11) is 1.95. The van der Waals surface area contributed by atoms with Crippen LogP contribution in [-0.4, -0.2) is 34.8 Å². The predicted octanol–water partition coefficient (Wildman–Crippen LogP) is 3.36. The number of para-hydroxylation sites is 1. The molecule has 1 aliphatic rings. The third kappa shape index (κ3) is 3.22. The Morgan fingerprint density at radius 1 is 1.29 bits per heavy atom. The minimum Gasteiger partial charge on any atom is -0.457 e. The predicted molar refractivity (Wildman–Crippen MR) is 109 cm³/mol. The molecule has 0 bridgehead atoms. The number of carbonyl (C=O) groups excluding carboxylic acids is 2. The summed E-state index contributed by atoms with van der Waals surface area (Å²) in [6, 6.07) is 8.10. The van der Waals surface area contributed by atoms with Crippen molar-refractivity contribution in [3.8, 4) is 0 Å². The van der Waals surface area contributed by atoms with Crippen LogP contribution >= 0.6 is 11.3 Å². The standard InChI is InChI=1S/C21H21N3O3S/c1-21(2)16-6-4-5-7-17(16)23(3)18(21)11-15(25)13-27-19(26)10-14-12-24-8-9-28-20(24)22-14/h4-9,11-12H,10,13H2,1-3H3/b18-11+. The number of hydrogen-bond donors (Lipinski definition) is 0. The molecule has 0 unspecified atom stereocenters. The van der Waals surface area contributed by atoms with Crippen molar-refractivity contribution in [2.45, 2.75) is 25.7 Å². The minimum absolute atomic E-state index is 0.0507. The first-order chi connectivity index (χ1) is 13.4. The molecule has 0 saturated heterocycles. The van der Waals surface area contributed by atoms with Crippen molar-refractivity contribution in [1.29, 1.82) is 0 Å². The number of ether oxygens (including phenoxy) is 1. The Morgan fingerprint density at radius 2 is 2.07 bits per heavy atom. The van der Waals surface area contributed by atoms with E-state index in [1.165, 1.54) is 16.9 Å². The topological polar surface area (TPSA) is 63.9 Å². The number of anilines is 1. The van der Waals surface area contributed by atoms with E-state index in [0.717, 1.165) is 16.3 Å². The number of nitrogens with zero attached hydrogens (tertiary/aromatic N) is 3. The van der Waals surface area contributed by atoms with E-state index in [1.54, 1.807) is 12.3 Å². The fraction of sp³-hybridized carbons (Fsp3) is 0.286. The molecule has 144 valence electrons. The highest BCUT2D eigenvalue weighted by molar-refractivity contribution is 7.15. The van der Waals surface area contributed by atoms with E-state index >= 15 is 0 Å². The molecule has 1 aromatic carbocycles. The molecular weight excluding hydrogens is 374 g/mol. The van der Waals surface area contributed by atoms with E-state index < -0.39 is 5.97 Å². The van der Waals surface area contributed by atoms with Crippen LogP contribution in [0.3, 0.4) is 0 Å². The Bertz CT molecular complexity index is 1060. The fourth-order valence-electron chi connectivity index (χ4n) is 3.66. The molecule has 2 aromatic heterocycles. The highest BCUT2D eigenvalue weighted by Gasteiger charge is 2.38. The summed E-state index contributed by atoms with van der Waals surface area (Å²) in [6.07, 6.45) is 5.31. The number of hydrogen-bond acceptors (Lipinski definition) is 6. The first kappa shape index (κ1) is 18.4. The van der Waals surface area contributed by atoms with Crippen LogP contribution in [0.4, 0.5) is 5.69 Å². The minimum atomic E-state index is -0.458. The molecule has 0 atom stereocenters. The Balaban J connectivity index is 1.40. The lowest BCUT2D eigenvalue weighted by molar-refractivity contribution is -0.146. The van der Waals surface area contributed by atoms with Crippen LogP contribution in [0.1, 0.15) is 25.1 Å². The number of benzene rings is 1. The maximum Gasteiger partial charge on any atom is 0.312 e. The molecule has 6 nitrogen and oxygen atoms in total. The van der Waals surface area contributed by atoms with Gasteiger partial charge in [-0.1, -0.05) is 32.0 Å². The van der Waals surface area contributed by atoms with E-state index in [-0.39, 0.29) is 24.2 Å². The molecule has 3 heterocycles. The van der Waals surface area contributed by atoms with Crippen molar-refractivity contribution in [3.63, 3.8) is 0 Å². The number of thiazole rings is 1. The lowest BCUT2D eigenvalue weighted by Crippen LogP contribution is -2.25. The first-order valence-corrected chi connectivity index (χ1v) is 9.89. The quantitative estimate of drug-likeness (QED) is 0.490. The van der Waals surface area contributed by atoms with Crippen molar-refractivity contribution in [3.05, 3.63) is 65.1 Å². The second-order valence-electron chi connectivity index (χ2n) is 7.36. The average molecular weight is 395 g/mol. The average Bonchev–Trinajstić information content (AvgIpc) is 3.29. The number of fused-ring (bicyclic) bond motifs is 2. The highest BCUT2D eigenvalue weighted by Crippen LogP contribution is 2.46. The Labute approximate surface area is 167 Å². The van der Waals surface area contributed by atoms with Gasteiger partial charge in [0.2, 0.25) is 0 Å². The smallest absolute Gasteiger partial charge is 0.312 e. The van der Waals surface area contributed by atoms with E-state index in [4.69, 9.17) is 4.74 Å². The number of likely N-dealkylation sites (N-methyl/N-ethyl adjacent to an activating group) is 1. The maximum absolute atomic E-state index is 12.4. The third-order valence-corrected chi connectivity index (χ3v) is 5.85. The molecule has 0 aliphatic carbocycles. The zero-order valence-corrected chi connectivity index (χ0v) is 16.8. The van der Waals surface area contributed by atoms with Gasteiger partial charge in [0.1, 0.15) is 0 Å². The number of rotatable bonds is 5. The first-order valence-electron chi connectivity index (χ1n) is 9.01. The van der Waals surface area contributed by atoms with Crippen LogP contribution in [0.2, 0.25) is 0 Å². The van der Waals surface area contributed by atoms with Gasteiger partial charge in [0.25, 0.3) is 0 Å². The van der Waals surface area contributed by atoms with Crippen LogP contribution < -0.4 is 4.90 Å². The summed E-state index contributed by atoms with van der Waals surface area (Å²) in [5.41, 5.74) is 3.50. The van der Waals surface area contributed by atoms with E-state index in [1.807, 2.05) is 46.1 Å². The summed E-state index contributed by atoms with van der Waals surface area (Å²) in [5, 5.41) is 1.93. The Kier molecular flexibility index (Phi) is 4.55. The summed E-state index contributed by atoms with van der Waals surface area (Å²) >= 11 is 1.50. The van der Waals surface area contributed by atoms with Crippen molar-refractivity contribution in [2.75, 3.05) is 18.6 Å². The molecule has 0 N–H and O–H groups in total. The number of allylic oxidation sites excluding steroid dienone is 1. The summed E-state index contributed by atoms with van der Waals surface area (Å²) < 4.78 is 7.03. The van der Waals surface area contributed by atoms with Gasteiger partial charge in [-0.3, -0.25) is 14.0 Å². The SMILES string of the molecule is CN1/C(=C/C(=O)COC(=O)Cc2cn3ccsc3n2)C(C)(C)c2ccccc21. The lowest BCUT2D eigenvalue weighted by atomic mass is 9.83. The van der Waals surface area contributed by atoms with Crippen LogP contribution in [0.25, 0.3) is 4.96 Å². The van der Waals surface area contributed by atoms with Crippen LogP contribution in [0.15, 0.2) is 53.8 Å². The molecule has 1 aliphatic heterocycles. The molecule has 0 fully saturated rings. The molecule has 3 aromatic rings. The number of aromatic nitrogens is 2. The normalized spacial score (nSPS) is 16.5. The van der Waals surface area contributed by atoms with Crippen molar-refractivity contribution < 1.29 is 14.3 Å². The number of esters is 1. The van der Waals surface area contributed by atoms with Gasteiger partial charge in [-0.25, -0.2) is 4.98 Å². The molecule has 0 radical (unpaired) electrons. The van der Waals surface area contributed by atoms with Gasteiger partial charge in [0.05, 0.1) is 12.1 Å². The lowest BCUT2D eigenvalue weighted by Gasteiger charge is -2.23. The van der Waals surface area contributed by atoms with Gasteiger partial charge in [-0.15, -0.1) is 11.3 Å². The third-order valence-electron chi connectivity index (χ3n) is 5.08. The second kappa shape index (κ2) is 6.91. The van der Waals surface area contributed by atoms with Crippen LogP contribution in [-0.2, 0) is 26.2 Å².